The van der Waals surface area contributed by atoms with E-state index in [2.05, 4.69) is 0 Å². The molecule has 3 nitrogen and oxygen atoms in total. The quantitative estimate of drug-likeness (QED) is 0.767. The summed E-state index contributed by atoms with van der Waals surface area (Å²) in [6, 6.07) is 6.70. The number of rotatable bonds is 4. The Kier molecular flexibility index (Phi) is 3.83. The molecule has 0 aliphatic rings. The van der Waals surface area contributed by atoms with Gasteiger partial charge in [0.2, 0.25) is 0 Å². The van der Waals surface area contributed by atoms with Crippen LogP contribution in [0.1, 0.15) is 49.2 Å². The average molecular weight is 222 g/mol. The van der Waals surface area contributed by atoms with Crippen molar-refractivity contribution in [3.8, 4) is 0 Å². The second-order valence-electron chi connectivity index (χ2n) is 4.43. The lowest BCUT2D eigenvalue weighted by Gasteiger charge is -2.16. The van der Waals surface area contributed by atoms with Crippen molar-refractivity contribution in [1.82, 2.24) is 0 Å². The number of hydrogen-bond donors (Lipinski definition) is 2. The second-order valence-corrected chi connectivity index (χ2v) is 4.43. The van der Waals surface area contributed by atoms with E-state index in [0.717, 1.165) is 5.56 Å². The lowest BCUT2D eigenvalue weighted by atomic mass is 9.95. The summed E-state index contributed by atoms with van der Waals surface area (Å²) in [5, 5.41) is 19.1. The summed E-state index contributed by atoms with van der Waals surface area (Å²) < 4.78 is 0. The van der Waals surface area contributed by atoms with Gasteiger partial charge < -0.3 is 10.2 Å². The van der Waals surface area contributed by atoms with Crippen LogP contribution in [-0.4, -0.2) is 21.6 Å². The molecule has 0 bridgehead atoms. The average Bonchev–Trinajstić information content (AvgIpc) is 2.26. The maximum atomic E-state index is 11.7. The van der Waals surface area contributed by atoms with E-state index >= 15 is 0 Å². The molecule has 1 atom stereocenters. The molecule has 0 aliphatic carbocycles. The standard InChI is InChI=1S/C13H18O3/c1-4-11(14)9-5-7-10(8-6-9)12(15)13(2,3)16/h5-8,11,14,16H,4H2,1-3H3. The Morgan fingerprint density at radius 3 is 2.19 bits per heavy atom. The molecule has 0 aliphatic heterocycles. The Hall–Kier alpha value is -1.19. The first kappa shape index (κ1) is 12.9. The minimum atomic E-state index is -1.36. The highest BCUT2D eigenvalue weighted by molar-refractivity contribution is 6.01. The molecule has 0 saturated heterocycles. The van der Waals surface area contributed by atoms with Crippen molar-refractivity contribution in [1.29, 1.82) is 0 Å². The third kappa shape index (κ3) is 2.90. The molecule has 0 radical (unpaired) electrons. The molecule has 3 heteroatoms. The van der Waals surface area contributed by atoms with Gasteiger partial charge in [-0.05, 0) is 25.8 Å². The third-order valence-electron chi connectivity index (χ3n) is 2.50. The Labute approximate surface area is 95.7 Å². The summed E-state index contributed by atoms with van der Waals surface area (Å²) in [6.45, 7) is 4.81. The normalized spacial score (nSPS) is 13.6. The van der Waals surface area contributed by atoms with Crippen molar-refractivity contribution in [2.75, 3.05) is 0 Å². The van der Waals surface area contributed by atoms with Gasteiger partial charge in [-0.3, -0.25) is 4.79 Å². The van der Waals surface area contributed by atoms with Gasteiger partial charge in [-0.2, -0.15) is 0 Å². The molecule has 0 heterocycles. The van der Waals surface area contributed by atoms with Crippen LogP contribution in [0.5, 0.6) is 0 Å². The van der Waals surface area contributed by atoms with Crippen molar-refractivity contribution >= 4 is 5.78 Å². The van der Waals surface area contributed by atoms with Crippen LogP contribution < -0.4 is 0 Å². The summed E-state index contributed by atoms with van der Waals surface area (Å²) in [5.74, 6) is -0.315. The monoisotopic (exact) mass is 222 g/mol. The first-order valence-corrected chi connectivity index (χ1v) is 5.41. The second kappa shape index (κ2) is 4.76. The maximum absolute atomic E-state index is 11.7. The van der Waals surface area contributed by atoms with E-state index in [1.54, 1.807) is 24.3 Å². The minimum Gasteiger partial charge on any atom is -0.388 e. The van der Waals surface area contributed by atoms with Gasteiger partial charge in [0.1, 0.15) is 5.60 Å². The van der Waals surface area contributed by atoms with Crippen molar-refractivity contribution in [2.45, 2.75) is 38.9 Å². The Morgan fingerprint density at radius 2 is 1.81 bits per heavy atom. The van der Waals surface area contributed by atoms with Crippen LogP contribution in [0.3, 0.4) is 0 Å². The van der Waals surface area contributed by atoms with Crippen molar-refractivity contribution < 1.29 is 15.0 Å². The number of aliphatic hydroxyl groups is 2. The fourth-order valence-electron chi connectivity index (χ4n) is 1.45. The number of hydrogen-bond acceptors (Lipinski definition) is 3. The molecule has 0 amide bonds. The number of carbonyl (C=O) groups is 1. The highest BCUT2D eigenvalue weighted by atomic mass is 16.3. The molecule has 16 heavy (non-hydrogen) atoms. The van der Waals surface area contributed by atoms with Crippen LogP contribution >= 0.6 is 0 Å². The topological polar surface area (TPSA) is 57.5 Å². The predicted molar refractivity (Wildman–Crippen MR) is 62.3 cm³/mol. The summed E-state index contributed by atoms with van der Waals surface area (Å²) >= 11 is 0. The molecule has 0 saturated carbocycles. The molecule has 1 aromatic carbocycles. The number of carbonyl (C=O) groups excluding carboxylic acids is 1. The molecule has 88 valence electrons. The predicted octanol–water partition coefficient (Wildman–Crippen LogP) is 2.08. The van der Waals surface area contributed by atoms with E-state index < -0.39 is 11.7 Å². The van der Waals surface area contributed by atoms with Gasteiger partial charge >= 0.3 is 0 Å². The molecule has 0 aromatic heterocycles. The van der Waals surface area contributed by atoms with E-state index in [-0.39, 0.29) is 5.78 Å². The number of ketones is 1. The van der Waals surface area contributed by atoms with E-state index in [9.17, 15) is 15.0 Å². The van der Waals surface area contributed by atoms with Crippen LogP contribution in [0, 0.1) is 0 Å². The smallest absolute Gasteiger partial charge is 0.193 e. The first-order chi connectivity index (χ1) is 7.36. The highest BCUT2D eigenvalue weighted by Crippen LogP contribution is 2.19. The molecule has 1 unspecified atom stereocenters. The third-order valence-corrected chi connectivity index (χ3v) is 2.50. The van der Waals surface area contributed by atoms with Crippen LogP contribution in [0.15, 0.2) is 24.3 Å². The van der Waals surface area contributed by atoms with Gasteiger partial charge in [0, 0.05) is 5.56 Å². The lowest BCUT2D eigenvalue weighted by molar-refractivity contribution is 0.0488. The molecule has 0 spiro atoms. The van der Waals surface area contributed by atoms with Gasteiger partial charge in [0.15, 0.2) is 5.78 Å². The zero-order chi connectivity index (χ0) is 12.3. The fourth-order valence-corrected chi connectivity index (χ4v) is 1.45. The molecule has 1 aromatic rings. The molecular weight excluding hydrogens is 204 g/mol. The van der Waals surface area contributed by atoms with Gasteiger partial charge in [-0.25, -0.2) is 0 Å². The summed E-state index contributed by atoms with van der Waals surface area (Å²) in [5.41, 5.74) is -0.111. The van der Waals surface area contributed by atoms with E-state index in [1.165, 1.54) is 13.8 Å². The van der Waals surface area contributed by atoms with Crippen LogP contribution in [-0.2, 0) is 0 Å². The van der Waals surface area contributed by atoms with E-state index in [4.69, 9.17) is 0 Å². The summed E-state index contributed by atoms with van der Waals surface area (Å²) in [7, 11) is 0. The number of aliphatic hydroxyl groups excluding tert-OH is 1. The molecule has 2 N–H and O–H groups in total. The zero-order valence-corrected chi connectivity index (χ0v) is 9.90. The Morgan fingerprint density at radius 1 is 1.31 bits per heavy atom. The van der Waals surface area contributed by atoms with Gasteiger partial charge in [0.05, 0.1) is 6.10 Å². The number of benzene rings is 1. The van der Waals surface area contributed by atoms with E-state index in [0.29, 0.717) is 12.0 Å². The van der Waals surface area contributed by atoms with Crippen LogP contribution in [0.2, 0.25) is 0 Å². The zero-order valence-electron chi connectivity index (χ0n) is 9.90. The summed E-state index contributed by atoms with van der Waals surface area (Å²) in [4.78, 5) is 11.7. The molecule has 0 fully saturated rings. The maximum Gasteiger partial charge on any atom is 0.193 e. The van der Waals surface area contributed by atoms with Gasteiger partial charge in [-0.1, -0.05) is 31.2 Å². The van der Waals surface area contributed by atoms with Crippen molar-refractivity contribution in [3.05, 3.63) is 35.4 Å². The Bertz CT molecular complexity index is 360. The largest absolute Gasteiger partial charge is 0.388 e. The van der Waals surface area contributed by atoms with Crippen molar-refractivity contribution in [3.63, 3.8) is 0 Å². The first-order valence-electron chi connectivity index (χ1n) is 5.41. The summed E-state index contributed by atoms with van der Waals surface area (Å²) in [6.07, 6.45) is 0.144. The van der Waals surface area contributed by atoms with E-state index in [1.807, 2.05) is 6.92 Å². The highest BCUT2D eigenvalue weighted by Gasteiger charge is 2.25. The molecule has 1 rings (SSSR count). The van der Waals surface area contributed by atoms with Crippen LogP contribution in [0.4, 0.5) is 0 Å². The minimum absolute atomic E-state index is 0.315. The fraction of sp³-hybridized carbons (Fsp3) is 0.462. The Balaban J connectivity index is 2.91. The SMILES string of the molecule is CCC(O)c1ccc(C(=O)C(C)(C)O)cc1. The van der Waals surface area contributed by atoms with Gasteiger partial charge in [-0.15, -0.1) is 0 Å². The molecular formula is C13H18O3. The lowest BCUT2D eigenvalue weighted by Crippen LogP contribution is -2.31. The number of Topliss-reactive ketones (excluding diaryl/α,β-unsaturated/α-hetero) is 1. The van der Waals surface area contributed by atoms with Crippen molar-refractivity contribution in [2.24, 2.45) is 0 Å². The van der Waals surface area contributed by atoms with Gasteiger partial charge in [0.25, 0.3) is 0 Å². The van der Waals surface area contributed by atoms with Crippen LogP contribution in [0.25, 0.3) is 0 Å².